The number of benzene rings is 2. The van der Waals surface area contributed by atoms with E-state index in [9.17, 15) is 4.79 Å². The Hall–Kier alpha value is -1.96. The Morgan fingerprint density at radius 1 is 1.23 bits per heavy atom. The van der Waals surface area contributed by atoms with Crippen LogP contribution in [0.5, 0.6) is 0 Å². The SMILES string of the molecule is O=C(OC[C@@H]1CO[C@](CCCc2nccs2)(c2ccc(Cl)cc2Cl)O1)c1ccccc1. The highest BCUT2D eigenvalue weighted by Crippen LogP contribution is 2.42. The number of rotatable bonds is 8. The minimum Gasteiger partial charge on any atom is -0.459 e. The van der Waals surface area contributed by atoms with E-state index in [1.807, 2.05) is 17.5 Å². The topological polar surface area (TPSA) is 57.7 Å². The van der Waals surface area contributed by atoms with Crippen molar-refractivity contribution >= 4 is 40.5 Å². The molecular formula is C23H21Cl2NO4S. The molecule has 0 N–H and O–H groups in total. The third-order valence-corrected chi connectivity index (χ3v) is 6.38. The van der Waals surface area contributed by atoms with Crippen LogP contribution >= 0.6 is 34.5 Å². The highest BCUT2D eigenvalue weighted by molar-refractivity contribution is 7.09. The molecule has 0 amide bonds. The maximum Gasteiger partial charge on any atom is 0.338 e. The maximum atomic E-state index is 12.3. The molecule has 2 aromatic carbocycles. The Balaban J connectivity index is 1.45. The van der Waals surface area contributed by atoms with Crippen molar-refractivity contribution in [2.75, 3.05) is 13.2 Å². The molecule has 1 aliphatic heterocycles. The Kier molecular flexibility index (Phi) is 7.25. The zero-order chi connectivity index (χ0) is 21.7. The molecule has 8 heteroatoms. The van der Waals surface area contributed by atoms with Crippen molar-refractivity contribution in [3.05, 3.63) is 86.3 Å². The third-order valence-electron chi connectivity index (χ3n) is 4.99. The van der Waals surface area contributed by atoms with Crippen LogP contribution in [0, 0.1) is 0 Å². The second-order valence-corrected chi connectivity index (χ2v) is 8.99. The summed E-state index contributed by atoms with van der Waals surface area (Å²) in [6, 6.07) is 14.1. The average molecular weight is 478 g/mol. The Bertz CT molecular complexity index is 1020. The van der Waals surface area contributed by atoms with Gasteiger partial charge in [-0.1, -0.05) is 47.5 Å². The lowest BCUT2D eigenvalue weighted by atomic mass is 9.99. The van der Waals surface area contributed by atoms with Crippen LogP contribution in [0.2, 0.25) is 10.0 Å². The summed E-state index contributed by atoms with van der Waals surface area (Å²) in [5.74, 6) is -1.42. The smallest absolute Gasteiger partial charge is 0.338 e. The van der Waals surface area contributed by atoms with Gasteiger partial charge in [-0.15, -0.1) is 11.3 Å². The normalized spacial score (nSPS) is 20.6. The molecule has 2 heterocycles. The first kappa shape index (κ1) is 22.2. The molecule has 3 aromatic rings. The summed E-state index contributed by atoms with van der Waals surface area (Å²) in [5, 5.41) is 4.03. The molecule has 0 aliphatic carbocycles. The van der Waals surface area contributed by atoms with E-state index in [4.69, 9.17) is 37.4 Å². The summed E-state index contributed by atoms with van der Waals surface area (Å²) in [4.78, 5) is 16.6. The van der Waals surface area contributed by atoms with E-state index in [0.717, 1.165) is 23.4 Å². The number of aromatic nitrogens is 1. The van der Waals surface area contributed by atoms with Crippen molar-refractivity contribution in [2.24, 2.45) is 0 Å². The van der Waals surface area contributed by atoms with Crippen LogP contribution < -0.4 is 0 Å². The van der Waals surface area contributed by atoms with Crippen LogP contribution in [-0.4, -0.2) is 30.3 Å². The number of ether oxygens (including phenoxy) is 3. The zero-order valence-electron chi connectivity index (χ0n) is 16.6. The first-order valence-electron chi connectivity index (χ1n) is 9.93. The molecule has 0 bridgehead atoms. The van der Waals surface area contributed by atoms with Gasteiger partial charge in [-0.3, -0.25) is 0 Å². The number of esters is 1. The van der Waals surface area contributed by atoms with Crippen molar-refractivity contribution in [3.63, 3.8) is 0 Å². The lowest BCUT2D eigenvalue weighted by Crippen LogP contribution is -2.30. The molecule has 0 spiro atoms. The fourth-order valence-electron chi connectivity index (χ4n) is 3.53. The number of carbonyl (C=O) groups is 1. The summed E-state index contributed by atoms with van der Waals surface area (Å²) in [6.45, 7) is 0.380. The van der Waals surface area contributed by atoms with E-state index in [2.05, 4.69) is 4.98 Å². The minimum absolute atomic E-state index is 0.0904. The molecule has 162 valence electrons. The Morgan fingerprint density at radius 3 is 2.81 bits per heavy atom. The highest BCUT2D eigenvalue weighted by Gasteiger charge is 2.44. The molecule has 1 aromatic heterocycles. The summed E-state index contributed by atoms with van der Waals surface area (Å²) in [7, 11) is 0. The predicted octanol–water partition coefficient (Wildman–Crippen LogP) is 5.90. The van der Waals surface area contributed by atoms with Crippen LogP contribution in [0.4, 0.5) is 0 Å². The fourth-order valence-corrected chi connectivity index (χ4v) is 4.74. The second-order valence-electron chi connectivity index (χ2n) is 7.17. The van der Waals surface area contributed by atoms with Crippen molar-refractivity contribution in [1.29, 1.82) is 0 Å². The molecule has 31 heavy (non-hydrogen) atoms. The van der Waals surface area contributed by atoms with Gasteiger partial charge in [0.1, 0.15) is 12.7 Å². The van der Waals surface area contributed by atoms with Crippen molar-refractivity contribution in [3.8, 4) is 0 Å². The van der Waals surface area contributed by atoms with Crippen LogP contribution in [0.25, 0.3) is 0 Å². The van der Waals surface area contributed by atoms with Gasteiger partial charge in [0.15, 0.2) is 5.79 Å². The average Bonchev–Trinajstić information content (AvgIpc) is 3.43. The van der Waals surface area contributed by atoms with Gasteiger partial charge in [-0.2, -0.15) is 0 Å². The van der Waals surface area contributed by atoms with Gasteiger partial charge < -0.3 is 14.2 Å². The van der Waals surface area contributed by atoms with E-state index < -0.39 is 17.9 Å². The molecule has 1 saturated heterocycles. The largest absolute Gasteiger partial charge is 0.459 e. The Morgan fingerprint density at radius 2 is 2.06 bits per heavy atom. The molecule has 1 fully saturated rings. The number of hydrogen-bond acceptors (Lipinski definition) is 6. The van der Waals surface area contributed by atoms with Crippen LogP contribution in [0.1, 0.15) is 33.8 Å². The third kappa shape index (κ3) is 5.45. The van der Waals surface area contributed by atoms with Gasteiger partial charge in [0.2, 0.25) is 0 Å². The van der Waals surface area contributed by atoms with Crippen LogP contribution in [0.3, 0.4) is 0 Å². The van der Waals surface area contributed by atoms with Gasteiger partial charge in [-0.25, -0.2) is 9.78 Å². The predicted molar refractivity (Wildman–Crippen MR) is 121 cm³/mol. The maximum absolute atomic E-state index is 12.3. The number of carbonyl (C=O) groups excluding carboxylic acids is 1. The molecule has 4 rings (SSSR count). The van der Waals surface area contributed by atoms with E-state index in [1.54, 1.807) is 53.9 Å². The summed E-state index contributed by atoms with van der Waals surface area (Å²) in [6.07, 6.45) is 3.58. The number of nitrogens with zero attached hydrogens (tertiary/aromatic N) is 1. The molecule has 0 radical (unpaired) electrons. The van der Waals surface area contributed by atoms with Crippen molar-refractivity contribution < 1.29 is 19.0 Å². The summed E-state index contributed by atoms with van der Waals surface area (Å²) < 4.78 is 17.9. The molecule has 0 saturated carbocycles. The number of thiazole rings is 1. The van der Waals surface area contributed by atoms with E-state index >= 15 is 0 Å². The number of halogens is 2. The molecule has 0 unspecified atom stereocenters. The Labute approximate surface area is 194 Å². The molecule has 2 atom stereocenters. The van der Waals surface area contributed by atoms with Gasteiger partial charge in [0.05, 0.1) is 22.2 Å². The van der Waals surface area contributed by atoms with Crippen LogP contribution in [-0.2, 0) is 26.4 Å². The van der Waals surface area contributed by atoms with Crippen molar-refractivity contribution in [2.45, 2.75) is 31.2 Å². The summed E-state index contributed by atoms with van der Waals surface area (Å²) in [5.41, 5.74) is 1.21. The minimum atomic E-state index is -1.03. The fraction of sp³-hybridized carbons (Fsp3) is 0.304. The highest BCUT2D eigenvalue weighted by atomic mass is 35.5. The quantitative estimate of drug-likeness (QED) is 0.378. The second kappa shape index (κ2) is 10.1. The zero-order valence-corrected chi connectivity index (χ0v) is 19.0. The number of hydrogen-bond donors (Lipinski definition) is 0. The van der Waals surface area contributed by atoms with Gasteiger partial charge >= 0.3 is 5.97 Å². The monoisotopic (exact) mass is 477 g/mol. The van der Waals surface area contributed by atoms with Crippen LogP contribution in [0.15, 0.2) is 60.1 Å². The van der Waals surface area contributed by atoms with E-state index in [0.29, 0.717) is 22.0 Å². The lowest BCUT2D eigenvalue weighted by Gasteiger charge is -2.29. The van der Waals surface area contributed by atoms with Crippen molar-refractivity contribution in [1.82, 2.24) is 4.98 Å². The van der Waals surface area contributed by atoms with E-state index in [1.165, 1.54) is 0 Å². The van der Waals surface area contributed by atoms with Gasteiger partial charge in [0, 0.05) is 28.6 Å². The van der Waals surface area contributed by atoms with E-state index in [-0.39, 0.29) is 13.2 Å². The van der Waals surface area contributed by atoms with Gasteiger partial charge in [-0.05, 0) is 37.1 Å². The first-order chi connectivity index (χ1) is 15.1. The number of aryl methyl sites for hydroxylation is 1. The molecule has 5 nitrogen and oxygen atoms in total. The van der Waals surface area contributed by atoms with Gasteiger partial charge in [0.25, 0.3) is 0 Å². The first-order valence-corrected chi connectivity index (χ1v) is 11.6. The molecule has 1 aliphatic rings. The summed E-state index contributed by atoms with van der Waals surface area (Å²) >= 11 is 14.2. The molecular weight excluding hydrogens is 457 g/mol. The lowest BCUT2D eigenvalue weighted by molar-refractivity contribution is -0.185. The standard InChI is InChI=1S/C23H21Cl2NO4S/c24-17-8-9-19(20(25)13-17)23(10-4-7-21-26-11-12-31-21)29-15-18(30-23)14-28-22(27)16-5-2-1-3-6-16/h1-3,5-6,8-9,11-13,18H,4,7,10,14-15H2/t18-,23+/m1/s1.